The van der Waals surface area contributed by atoms with Crippen LogP contribution in [-0.4, -0.2) is 29.6 Å². The van der Waals surface area contributed by atoms with Crippen molar-refractivity contribution in [1.82, 2.24) is 0 Å². The lowest BCUT2D eigenvalue weighted by Gasteiger charge is -2.06. The average molecular weight is 286 g/mol. The fourth-order valence-electron chi connectivity index (χ4n) is 0.546. The first-order valence-electron chi connectivity index (χ1n) is 3.49. The molecular weight excluding hydrogens is 275 g/mol. The molecule has 0 heterocycles. The number of halogens is 1. The minimum Gasteiger partial charge on any atom is -0.469 e. The summed E-state index contributed by atoms with van der Waals surface area (Å²) in [4.78, 5) is 21.7. The molecule has 4 nitrogen and oxygen atoms in total. The number of rotatable bonds is 4. The summed E-state index contributed by atoms with van der Waals surface area (Å²) in [6.07, 6.45) is 0.0654. The van der Waals surface area contributed by atoms with E-state index in [2.05, 4.69) is 4.74 Å². The maximum Gasteiger partial charge on any atom is 0.319 e. The molecule has 0 amide bonds. The fraction of sp³-hybridized carbons (Fsp3) is 0.714. The van der Waals surface area contributed by atoms with Gasteiger partial charge in [0.1, 0.15) is 3.92 Å². The average Bonchev–Trinajstić information content (AvgIpc) is 2.04. The predicted molar refractivity (Wildman–Crippen MR) is 51.1 cm³/mol. The lowest BCUT2D eigenvalue weighted by atomic mass is 10.3. The van der Waals surface area contributed by atoms with Crippen molar-refractivity contribution in [3.63, 3.8) is 0 Å². The standard InChI is InChI=1S/C7H11IO4/c1-3-12-7(10)5(8)4-6(9)11-2/h5H,3-4H2,1-2H3. The van der Waals surface area contributed by atoms with Crippen molar-refractivity contribution in [3.8, 4) is 0 Å². The third-order valence-electron chi connectivity index (χ3n) is 1.12. The molecule has 0 aliphatic carbocycles. The number of carbonyl (C=O) groups is 2. The van der Waals surface area contributed by atoms with E-state index < -0.39 is 9.89 Å². The number of hydrogen-bond acceptors (Lipinski definition) is 4. The van der Waals surface area contributed by atoms with Crippen molar-refractivity contribution in [2.24, 2.45) is 0 Å². The van der Waals surface area contributed by atoms with E-state index in [0.29, 0.717) is 6.61 Å². The Hall–Kier alpha value is -0.330. The largest absolute Gasteiger partial charge is 0.469 e. The van der Waals surface area contributed by atoms with E-state index >= 15 is 0 Å². The maximum atomic E-state index is 11.0. The third kappa shape index (κ3) is 4.53. The molecular formula is C7H11IO4. The van der Waals surface area contributed by atoms with Crippen molar-refractivity contribution >= 4 is 34.5 Å². The van der Waals surface area contributed by atoms with E-state index in [0.717, 1.165) is 0 Å². The number of hydrogen-bond donors (Lipinski definition) is 0. The van der Waals surface area contributed by atoms with E-state index in [9.17, 15) is 9.59 Å². The summed E-state index contributed by atoms with van der Waals surface area (Å²) in [5.74, 6) is -0.772. The first kappa shape index (κ1) is 11.7. The van der Waals surface area contributed by atoms with Gasteiger partial charge in [-0.25, -0.2) is 0 Å². The molecule has 12 heavy (non-hydrogen) atoms. The second kappa shape index (κ2) is 6.22. The van der Waals surface area contributed by atoms with Gasteiger partial charge in [0.15, 0.2) is 0 Å². The molecule has 0 aromatic rings. The van der Waals surface area contributed by atoms with Crippen LogP contribution in [0, 0.1) is 0 Å². The van der Waals surface area contributed by atoms with Gasteiger partial charge in [0.2, 0.25) is 0 Å². The molecule has 0 aromatic carbocycles. The van der Waals surface area contributed by atoms with Crippen molar-refractivity contribution in [1.29, 1.82) is 0 Å². The van der Waals surface area contributed by atoms with Crippen LogP contribution in [0.5, 0.6) is 0 Å². The predicted octanol–water partition coefficient (Wildman–Crippen LogP) is 0.916. The van der Waals surface area contributed by atoms with Crippen molar-refractivity contribution in [2.75, 3.05) is 13.7 Å². The molecule has 0 spiro atoms. The van der Waals surface area contributed by atoms with Crippen LogP contribution in [0.3, 0.4) is 0 Å². The maximum absolute atomic E-state index is 11.0. The Labute approximate surface area is 84.7 Å². The van der Waals surface area contributed by atoms with Crippen molar-refractivity contribution in [3.05, 3.63) is 0 Å². The quantitative estimate of drug-likeness (QED) is 0.438. The SMILES string of the molecule is CCOC(=O)C(I)CC(=O)OC. The Morgan fingerprint density at radius 2 is 2.08 bits per heavy atom. The summed E-state index contributed by atoms with van der Waals surface area (Å²) < 4.78 is 8.64. The summed E-state index contributed by atoms with van der Waals surface area (Å²) in [6, 6.07) is 0. The molecule has 0 aliphatic heterocycles. The Bertz CT molecular complexity index is 169. The van der Waals surface area contributed by atoms with E-state index in [4.69, 9.17) is 4.74 Å². The van der Waals surface area contributed by atoms with Crippen LogP contribution >= 0.6 is 22.6 Å². The summed E-state index contributed by atoms with van der Waals surface area (Å²) in [6.45, 7) is 2.05. The van der Waals surface area contributed by atoms with Crippen LogP contribution in [0.2, 0.25) is 0 Å². The highest BCUT2D eigenvalue weighted by Gasteiger charge is 2.19. The van der Waals surface area contributed by atoms with Gasteiger partial charge in [0.05, 0.1) is 20.1 Å². The first-order valence-corrected chi connectivity index (χ1v) is 4.73. The summed E-state index contributed by atoms with van der Waals surface area (Å²) in [7, 11) is 1.29. The smallest absolute Gasteiger partial charge is 0.319 e. The van der Waals surface area contributed by atoms with Crippen LogP contribution in [0.15, 0.2) is 0 Å². The number of alkyl halides is 1. The molecule has 1 unspecified atom stereocenters. The fourth-order valence-corrected chi connectivity index (χ4v) is 1.09. The summed E-state index contributed by atoms with van der Waals surface area (Å²) >= 11 is 1.85. The number of ether oxygens (including phenoxy) is 2. The molecule has 0 N–H and O–H groups in total. The normalized spacial score (nSPS) is 11.9. The Morgan fingerprint density at radius 3 is 2.50 bits per heavy atom. The highest BCUT2D eigenvalue weighted by atomic mass is 127. The highest BCUT2D eigenvalue weighted by molar-refractivity contribution is 14.1. The van der Waals surface area contributed by atoms with Gasteiger partial charge in [-0.05, 0) is 6.92 Å². The molecule has 70 valence electrons. The van der Waals surface area contributed by atoms with Crippen molar-refractivity contribution in [2.45, 2.75) is 17.3 Å². The van der Waals surface area contributed by atoms with Gasteiger partial charge in [-0.2, -0.15) is 0 Å². The Kier molecular flexibility index (Phi) is 6.04. The Balaban J connectivity index is 3.78. The van der Waals surface area contributed by atoms with Crippen LogP contribution in [0.4, 0.5) is 0 Å². The molecule has 0 aromatic heterocycles. The van der Waals surface area contributed by atoms with Crippen molar-refractivity contribution < 1.29 is 19.1 Å². The molecule has 0 bridgehead atoms. The molecule has 0 radical (unpaired) electrons. The van der Waals surface area contributed by atoms with E-state index in [1.807, 2.05) is 22.6 Å². The summed E-state index contributed by atoms with van der Waals surface area (Å²) in [5, 5.41) is 0. The highest BCUT2D eigenvalue weighted by Crippen LogP contribution is 2.08. The van der Waals surface area contributed by atoms with Crippen LogP contribution in [0.25, 0.3) is 0 Å². The lowest BCUT2D eigenvalue weighted by molar-refractivity contribution is -0.147. The van der Waals surface area contributed by atoms with Gasteiger partial charge in [-0.1, -0.05) is 22.6 Å². The van der Waals surface area contributed by atoms with Gasteiger partial charge in [0.25, 0.3) is 0 Å². The van der Waals surface area contributed by atoms with Gasteiger partial charge < -0.3 is 9.47 Å². The van der Waals surface area contributed by atoms with Crippen LogP contribution in [-0.2, 0) is 19.1 Å². The molecule has 0 rings (SSSR count). The topological polar surface area (TPSA) is 52.6 Å². The molecule has 0 saturated heterocycles. The molecule has 5 heteroatoms. The molecule has 1 atom stereocenters. The second-order valence-electron chi connectivity index (χ2n) is 2.00. The van der Waals surface area contributed by atoms with E-state index in [-0.39, 0.29) is 12.4 Å². The second-order valence-corrected chi connectivity index (χ2v) is 3.50. The zero-order valence-corrected chi connectivity index (χ0v) is 9.16. The zero-order chi connectivity index (χ0) is 9.56. The zero-order valence-electron chi connectivity index (χ0n) is 7.00. The van der Waals surface area contributed by atoms with E-state index in [1.54, 1.807) is 6.92 Å². The van der Waals surface area contributed by atoms with Crippen LogP contribution in [0.1, 0.15) is 13.3 Å². The molecule has 0 saturated carbocycles. The van der Waals surface area contributed by atoms with Gasteiger partial charge in [-0.15, -0.1) is 0 Å². The van der Waals surface area contributed by atoms with E-state index in [1.165, 1.54) is 7.11 Å². The monoisotopic (exact) mass is 286 g/mol. The van der Waals surface area contributed by atoms with Crippen LogP contribution < -0.4 is 0 Å². The van der Waals surface area contributed by atoms with Gasteiger partial charge >= 0.3 is 11.9 Å². The molecule has 0 fully saturated rings. The third-order valence-corrected chi connectivity index (χ3v) is 2.06. The minimum absolute atomic E-state index is 0.0654. The Morgan fingerprint density at radius 1 is 1.50 bits per heavy atom. The number of methoxy groups -OCH3 is 1. The number of carbonyl (C=O) groups excluding carboxylic acids is 2. The minimum atomic E-state index is -0.449. The number of esters is 2. The molecule has 0 aliphatic rings. The van der Waals surface area contributed by atoms with Gasteiger partial charge in [-0.3, -0.25) is 9.59 Å². The lowest BCUT2D eigenvalue weighted by Crippen LogP contribution is -2.21. The van der Waals surface area contributed by atoms with Gasteiger partial charge in [0, 0.05) is 0 Å². The first-order chi connectivity index (χ1) is 5.61. The summed E-state index contributed by atoms with van der Waals surface area (Å²) in [5.41, 5.74) is 0.